The molecule has 3 unspecified atom stereocenters. The standard InChI is InChI=1S/C20H28N4O4/c1-13-11-15(7-8-17(13)24(27)28)19(25)23-10-4-6-18(23)20(26)22-9-3-5-16(12-22)14(2)21/h7-8,11,14,16,18H,3-6,9-10,12,21H2,1-2H3. The normalized spacial score (nSPS) is 23.5. The van der Waals surface area contributed by atoms with E-state index in [9.17, 15) is 19.7 Å². The number of rotatable bonds is 4. The van der Waals surface area contributed by atoms with Crippen molar-refractivity contribution < 1.29 is 14.5 Å². The lowest BCUT2D eigenvalue weighted by Gasteiger charge is -2.37. The maximum absolute atomic E-state index is 13.1. The first kappa shape index (κ1) is 20.3. The highest BCUT2D eigenvalue weighted by atomic mass is 16.6. The number of nitrogens with zero attached hydrogens (tertiary/aromatic N) is 3. The van der Waals surface area contributed by atoms with Crippen LogP contribution in [0, 0.1) is 23.0 Å². The second-order valence-corrected chi connectivity index (χ2v) is 7.96. The molecule has 2 heterocycles. The number of carbonyl (C=O) groups excluding carboxylic acids is 2. The molecule has 8 heteroatoms. The lowest BCUT2D eigenvalue weighted by Crippen LogP contribution is -2.52. The molecule has 0 spiro atoms. The minimum absolute atomic E-state index is 0.00478. The Labute approximate surface area is 164 Å². The summed E-state index contributed by atoms with van der Waals surface area (Å²) in [5, 5.41) is 11.0. The van der Waals surface area contributed by atoms with Gasteiger partial charge in [0.1, 0.15) is 6.04 Å². The lowest BCUT2D eigenvalue weighted by molar-refractivity contribution is -0.385. The number of hydrogen-bond acceptors (Lipinski definition) is 5. The van der Waals surface area contributed by atoms with Crippen molar-refractivity contribution in [3.05, 3.63) is 39.4 Å². The molecule has 8 nitrogen and oxygen atoms in total. The highest BCUT2D eigenvalue weighted by Gasteiger charge is 2.38. The minimum Gasteiger partial charge on any atom is -0.341 e. The molecule has 2 aliphatic rings. The topological polar surface area (TPSA) is 110 Å². The van der Waals surface area contributed by atoms with E-state index >= 15 is 0 Å². The van der Waals surface area contributed by atoms with Crippen LogP contribution in [0.4, 0.5) is 5.69 Å². The van der Waals surface area contributed by atoms with Gasteiger partial charge in [-0.3, -0.25) is 19.7 Å². The van der Waals surface area contributed by atoms with Crippen molar-refractivity contribution in [2.24, 2.45) is 11.7 Å². The molecule has 3 atom stereocenters. The molecule has 1 aromatic carbocycles. The maximum Gasteiger partial charge on any atom is 0.272 e. The molecular formula is C20H28N4O4. The number of piperidine rings is 1. The number of nitrogens with two attached hydrogens (primary N) is 1. The molecule has 2 amide bonds. The van der Waals surface area contributed by atoms with Crippen molar-refractivity contribution in [2.75, 3.05) is 19.6 Å². The number of nitro groups is 1. The SMILES string of the molecule is Cc1cc(C(=O)N2CCCC2C(=O)N2CCCC(C(C)N)C2)ccc1[N+](=O)[O-]. The van der Waals surface area contributed by atoms with Crippen molar-refractivity contribution in [2.45, 2.75) is 51.6 Å². The fourth-order valence-corrected chi connectivity index (χ4v) is 4.28. The van der Waals surface area contributed by atoms with Crippen molar-refractivity contribution in [3.63, 3.8) is 0 Å². The fraction of sp³-hybridized carbons (Fsp3) is 0.600. The van der Waals surface area contributed by atoms with Gasteiger partial charge in [0.15, 0.2) is 0 Å². The maximum atomic E-state index is 13.1. The molecule has 28 heavy (non-hydrogen) atoms. The summed E-state index contributed by atoms with van der Waals surface area (Å²) in [5.74, 6) is 0.0463. The van der Waals surface area contributed by atoms with Crippen LogP contribution >= 0.6 is 0 Å². The third-order valence-electron chi connectivity index (χ3n) is 5.95. The summed E-state index contributed by atoms with van der Waals surface area (Å²) in [7, 11) is 0. The van der Waals surface area contributed by atoms with Gasteiger partial charge in [0.25, 0.3) is 11.6 Å². The molecule has 0 aromatic heterocycles. The minimum atomic E-state index is -0.463. The van der Waals surface area contributed by atoms with Crippen LogP contribution in [0.2, 0.25) is 0 Å². The summed E-state index contributed by atoms with van der Waals surface area (Å²) in [6.45, 7) is 5.46. The number of benzene rings is 1. The van der Waals surface area contributed by atoms with Crippen LogP contribution in [0.5, 0.6) is 0 Å². The molecular weight excluding hydrogens is 360 g/mol. The van der Waals surface area contributed by atoms with E-state index in [0.29, 0.717) is 43.1 Å². The van der Waals surface area contributed by atoms with Crippen LogP contribution in [-0.2, 0) is 4.79 Å². The van der Waals surface area contributed by atoms with Crippen molar-refractivity contribution >= 4 is 17.5 Å². The zero-order valence-corrected chi connectivity index (χ0v) is 16.5. The summed E-state index contributed by atoms with van der Waals surface area (Å²) in [6, 6.07) is 3.94. The molecule has 0 radical (unpaired) electrons. The Morgan fingerprint density at radius 1 is 1.25 bits per heavy atom. The van der Waals surface area contributed by atoms with E-state index in [1.54, 1.807) is 11.8 Å². The van der Waals surface area contributed by atoms with Crippen LogP contribution in [-0.4, -0.2) is 58.3 Å². The average Bonchev–Trinajstić information content (AvgIpc) is 3.16. The third-order valence-corrected chi connectivity index (χ3v) is 5.95. The van der Waals surface area contributed by atoms with Gasteiger partial charge in [-0.05, 0) is 57.6 Å². The second kappa shape index (κ2) is 8.26. The van der Waals surface area contributed by atoms with Crippen LogP contribution in [0.1, 0.15) is 48.5 Å². The number of likely N-dealkylation sites (tertiary alicyclic amines) is 2. The number of carbonyl (C=O) groups is 2. The Balaban J connectivity index is 1.75. The van der Waals surface area contributed by atoms with E-state index in [1.165, 1.54) is 18.2 Å². The first-order chi connectivity index (χ1) is 13.3. The zero-order valence-electron chi connectivity index (χ0n) is 16.5. The number of amides is 2. The summed E-state index contributed by atoms with van der Waals surface area (Å²) < 4.78 is 0. The van der Waals surface area contributed by atoms with Gasteiger partial charge in [-0.2, -0.15) is 0 Å². The van der Waals surface area contributed by atoms with Gasteiger partial charge in [-0.1, -0.05) is 0 Å². The van der Waals surface area contributed by atoms with E-state index in [4.69, 9.17) is 5.73 Å². The van der Waals surface area contributed by atoms with E-state index in [2.05, 4.69) is 0 Å². The van der Waals surface area contributed by atoms with Crippen LogP contribution in [0.15, 0.2) is 18.2 Å². The molecule has 152 valence electrons. The third kappa shape index (κ3) is 4.01. The monoisotopic (exact) mass is 388 g/mol. The largest absolute Gasteiger partial charge is 0.341 e. The molecule has 1 aromatic rings. The Bertz CT molecular complexity index is 779. The van der Waals surface area contributed by atoms with E-state index in [0.717, 1.165) is 19.3 Å². The van der Waals surface area contributed by atoms with Crippen molar-refractivity contribution in [1.82, 2.24) is 9.80 Å². The van der Waals surface area contributed by atoms with Gasteiger partial charge in [0, 0.05) is 42.9 Å². The quantitative estimate of drug-likeness (QED) is 0.627. The van der Waals surface area contributed by atoms with Gasteiger partial charge in [-0.25, -0.2) is 0 Å². The highest BCUT2D eigenvalue weighted by Crippen LogP contribution is 2.27. The lowest BCUT2D eigenvalue weighted by atomic mass is 9.91. The zero-order chi connectivity index (χ0) is 20.4. The van der Waals surface area contributed by atoms with Gasteiger partial charge in [-0.15, -0.1) is 0 Å². The smallest absolute Gasteiger partial charge is 0.272 e. The van der Waals surface area contributed by atoms with E-state index < -0.39 is 11.0 Å². The molecule has 2 aliphatic heterocycles. The molecule has 0 bridgehead atoms. The first-order valence-corrected chi connectivity index (χ1v) is 9.90. The number of nitro benzene ring substituents is 1. The molecule has 2 fully saturated rings. The second-order valence-electron chi connectivity index (χ2n) is 7.96. The first-order valence-electron chi connectivity index (χ1n) is 9.90. The molecule has 0 saturated carbocycles. The van der Waals surface area contributed by atoms with E-state index in [-0.39, 0.29) is 23.5 Å². The number of aryl methyl sites for hydroxylation is 1. The molecule has 2 N–H and O–H groups in total. The predicted molar refractivity (Wildman–Crippen MR) is 105 cm³/mol. The Morgan fingerprint density at radius 2 is 1.96 bits per heavy atom. The van der Waals surface area contributed by atoms with Gasteiger partial charge >= 0.3 is 0 Å². The van der Waals surface area contributed by atoms with E-state index in [1.807, 2.05) is 11.8 Å². The van der Waals surface area contributed by atoms with Gasteiger partial charge in [0.05, 0.1) is 4.92 Å². The fourth-order valence-electron chi connectivity index (χ4n) is 4.28. The summed E-state index contributed by atoms with van der Waals surface area (Å²) in [4.78, 5) is 40.2. The van der Waals surface area contributed by atoms with Gasteiger partial charge < -0.3 is 15.5 Å². The van der Waals surface area contributed by atoms with Crippen molar-refractivity contribution in [1.29, 1.82) is 0 Å². The molecule has 0 aliphatic carbocycles. The molecule has 2 saturated heterocycles. The molecule has 3 rings (SSSR count). The van der Waals surface area contributed by atoms with Gasteiger partial charge in [0.2, 0.25) is 5.91 Å². The Hall–Kier alpha value is -2.48. The van der Waals surface area contributed by atoms with Crippen molar-refractivity contribution in [3.8, 4) is 0 Å². The van der Waals surface area contributed by atoms with Crippen LogP contribution in [0.25, 0.3) is 0 Å². The predicted octanol–water partition coefficient (Wildman–Crippen LogP) is 2.09. The summed E-state index contributed by atoms with van der Waals surface area (Å²) >= 11 is 0. The highest BCUT2D eigenvalue weighted by molar-refractivity contribution is 5.98. The average molecular weight is 388 g/mol. The number of hydrogen-bond donors (Lipinski definition) is 1. The summed E-state index contributed by atoms with van der Waals surface area (Å²) in [6.07, 6.45) is 3.38. The Kier molecular flexibility index (Phi) is 5.98. The van der Waals surface area contributed by atoms with Crippen LogP contribution in [0.3, 0.4) is 0 Å². The summed E-state index contributed by atoms with van der Waals surface area (Å²) in [5.41, 5.74) is 6.84. The Morgan fingerprint density at radius 3 is 2.61 bits per heavy atom. The van der Waals surface area contributed by atoms with Crippen LogP contribution < -0.4 is 5.73 Å².